The zero-order chi connectivity index (χ0) is 11.9. The Hall–Kier alpha value is -0.960. The van der Waals surface area contributed by atoms with Crippen molar-refractivity contribution < 1.29 is 0 Å². The first kappa shape index (κ1) is 12.5. The maximum atomic E-state index is 4.54. The molecule has 0 saturated carbocycles. The Morgan fingerprint density at radius 3 is 2.94 bits per heavy atom. The molecule has 0 saturated heterocycles. The molecule has 1 aliphatic rings. The minimum Gasteiger partial charge on any atom is -0.365 e. The van der Waals surface area contributed by atoms with E-state index in [1.807, 2.05) is 11.8 Å². The molecule has 92 valence electrons. The van der Waals surface area contributed by atoms with E-state index < -0.39 is 0 Å². The van der Waals surface area contributed by atoms with Crippen molar-refractivity contribution in [2.24, 2.45) is 4.99 Å². The second kappa shape index (κ2) is 6.70. The molecule has 1 aliphatic heterocycles. The van der Waals surface area contributed by atoms with Crippen LogP contribution in [0.15, 0.2) is 35.3 Å². The molecule has 1 N–H and O–H groups in total. The van der Waals surface area contributed by atoms with Gasteiger partial charge >= 0.3 is 0 Å². The summed E-state index contributed by atoms with van der Waals surface area (Å²) in [5, 5.41) is 5.28. The van der Waals surface area contributed by atoms with Crippen LogP contribution in [0.5, 0.6) is 0 Å². The van der Waals surface area contributed by atoms with Gasteiger partial charge in [-0.2, -0.15) is 0 Å². The summed E-state index contributed by atoms with van der Waals surface area (Å²) in [6.07, 6.45) is 3.60. The van der Waals surface area contributed by atoms with Gasteiger partial charge in [-0.25, -0.2) is 0 Å². The van der Waals surface area contributed by atoms with E-state index in [2.05, 4.69) is 47.6 Å². The predicted molar refractivity (Wildman–Crippen MR) is 76.7 cm³/mol. The second-order valence-corrected chi connectivity index (χ2v) is 5.63. The van der Waals surface area contributed by atoms with Crippen LogP contribution in [0.4, 0.5) is 0 Å². The molecule has 17 heavy (non-hydrogen) atoms. The number of nitrogens with zero attached hydrogens (tertiary/aromatic N) is 1. The van der Waals surface area contributed by atoms with Gasteiger partial charge < -0.3 is 5.32 Å². The van der Waals surface area contributed by atoms with Gasteiger partial charge in [0.2, 0.25) is 0 Å². The number of amidine groups is 1. The highest BCUT2D eigenvalue weighted by molar-refractivity contribution is 8.14. The van der Waals surface area contributed by atoms with Gasteiger partial charge in [0.25, 0.3) is 0 Å². The number of thioether (sulfide) groups is 1. The number of aliphatic imine (C=N–C) groups is 1. The van der Waals surface area contributed by atoms with Crippen LogP contribution in [0.3, 0.4) is 0 Å². The zero-order valence-electron chi connectivity index (χ0n) is 10.4. The molecule has 0 radical (unpaired) electrons. The average molecular weight is 248 g/mol. The zero-order valence-corrected chi connectivity index (χ0v) is 11.2. The first-order valence-corrected chi connectivity index (χ1v) is 7.25. The molecule has 0 aliphatic carbocycles. The number of nitrogens with one attached hydrogen (secondary N) is 1. The molecule has 2 nitrogen and oxygen atoms in total. The fraction of sp³-hybridized carbons (Fsp3) is 0.500. The van der Waals surface area contributed by atoms with Gasteiger partial charge in [-0.1, -0.05) is 55.4 Å². The van der Waals surface area contributed by atoms with E-state index in [1.165, 1.54) is 18.4 Å². The Morgan fingerprint density at radius 1 is 1.35 bits per heavy atom. The van der Waals surface area contributed by atoms with Crippen molar-refractivity contribution in [1.29, 1.82) is 0 Å². The van der Waals surface area contributed by atoms with Crippen molar-refractivity contribution in [1.82, 2.24) is 5.32 Å². The van der Waals surface area contributed by atoms with Crippen LogP contribution in [0, 0.1) is 0 Å². The third kappa shape index (κ3) is 4.08. The van der Waals surface area contributed by atoms with Gasteiger partial charge in [0.05, 0.1) is 6.54 Å². The molecule has 1 aromatic carbocycles. The summed E-state index contributed by atoms with van der Waals surface area (Å²) in [6.45, 7) is 4.21. The lowest BCUT2D eigenvalue weighted by molar-refractivity contribution is 0.753. The molecule has 2 rings (SSSR count). The smallest absolute Gasteiger partial charge is 0.156 e. The lowest BCUT2D eigenvalue weighted by Gasteiger charge is -2.07. The van der Waals surface area contributed by atoms with Crippen LogP contribution in [-0.2, 0) is 6.42 Å². The molecule has 0 spiro atoms. The van der Waals surface area contributed by atoms with E-state index >= 15 is 0 Å². The lowest BCUT2D eigenvalue weighted by Crippen LogP contribution is -2.22. The molecule has 0 fully saturated rings. The molecule has 0 amide bonds. The summed E-state index contributed by atoms with van der Waals surface area (Å²) >= 11 is 1.91. The van der Waals surface area contributed by atoms with Crippen LogP contribution in [0.1, 0.15) is 25.3 Å². The Kier molecular flexibility index (Phi) is 4.92. The largest absolute Gasteiger partial charge is 0.365 e. The molecule has 1 aromatic rings. The van der Waals surface area contributed by atoms with Crippen molar-refractivity contribution >= 4 is 16.9 Å². The minimum absolute atomic E-state index is 0.708. The Balaban J connectivity index is 1.67. The van der Waals surface area contributed by atoms with Crippen molar-refractivity contribution in [3.05, 3.63) is 35.9 Å². The van der Waals surface area contributed by atoms with Gasteiger partial charge in [0, 0.05) is 11.8 Å². The van der Waals surface area contributed by atoms with Crippen LogP contribution in [0.2, 0.25) is 0 Å². The molecule has 0 bridgehead atoms. The lowest BCUT2D eigenvalue weighted by atomic mass is 10.2. The maximum absolute atomic E-state index is 4.54. The van der Waals surface area contributed by atoms with Gasteiger partial charge in [-0.3, -0.25) is 4.99 Å². The van der Waals surface area contributed by atoms with Crippen molar-refractivity contribution in [2.75, 3.05) is 13.1 Å². The first-order chi connectivity index (χ1) is 8.38. The SMILES string of the molecule is CCCC1CN=C(NCCc2ccccc2)S1. The Labute approximate surface area is 108 Å². The molecule has 1 atom stereocenters. The fourth-order valence-electron chi connectivity index (χ4n) is 1.95. The minimum atomic E-state index is 0.708. The van der Waals surface area contributed by atoms with E-state index in [9.17, 15) is 0 Å². The Morgan fingerprint density at radius 2 is 2.18 bits per heavy atom. The molecular formula is C14H20N2S. The third-order valence-corrected chi connectivity index (χ3v) is 4.08. The number of rotatable bonds is 5. The van der Waals surface area contributed by atoms with Crippen molar-refractivity contribution in [2.45, 2.75) is 31.4 Å². The quantitative estimate of drug-likeness (QED) is 0.866. The molecular weight excluding hydrogens is 228 g/mol. The predicted octanol–water partition coefficient (Wildman–Crippen LogP) is 3.09. The average Bonchev–Trinajstić information content (AvgIpc) is 2.79. The van der Waals surface area contributed by atoms with Crippen molar-refractivity contribution in [3.8, 4) is 0 Å². The molecule has 3 heteroatoms. The van der Waals surface area contributed by atoms with Crippen LogP contribution < -0.4 is 5.32 Å². The highest BCUT2D eigenvalue weighted by atomic mass is 32.2. The van der Waals surface area contributed by atoms with E-state index in [0.29, 0.717) is 5.25 Å². The summed E-state index contributed by atoms with van der Waals surface area (Å²) in [4.78, 5) is 4.54. The number of hydrogen-bond donors (Lipinski definition) is 1. The first-order valence-electron chi connectivity index (χ1n) is 6.37. The number of benzene rings is 1. The monoisotopic (exact) mass is 248 g/mol. The summed E-state index contributed by atoms with van der Waals surface area (Å²) in [6, 6.07) is 10.6. The standard InChI is InChI=1S/C14H20N2S/c1-2-6-13-11-16-14(17-13)15-10-9-12-7-4-3-5-8-12/h3-5,7-8,13H,2,6,9-11H2,1H3,(H,15,16). The summed E-state index contributed by atoms with van der Waals surface area (Å²) in [7, 11) is 0. The van der Waals surface area contributed by atoms with Gasteiger partial charge in [0.1, 0.15) is 0 Å². The summed E-state index contributed by atoms with van der Waals surface area (Å²) < 4.78 is 0. The summed E-state index contributed by atoms with van der Waals surface area (Å²) in [5.41, 5.74) is 1.38. The van der Waals surface area contributed by atoms with Gasteiger partial charge in [-0.15, -0.1) is 0 Å². The third-order valence-electron chi connectivity index (χ3n) is 2.86. The molecule has 1 heterocycles. The highest BCUT2D eigenvalue weighted by Gasteiger charge is 2.17. The van der Waals surface area contributed by atoms with E-state index in [1.54, 1.807) is 0 Å². The van der Waals surface area contributed by atoms with E-state index in [-0.39, 0.29) is 0 Å². The van der Waals surface area contributed by atoms with E-state index in [0.717, 1.165) is 24.7 Å². The van der Waals surface area contributed by atoms with Crippen LogP contribution in [-0.4, -0.2) is 23.5 Å². The topological polar surface area (TPSA) is 24.4 Å². The second-order valence-electron chi connectivity index (χ2n) is 4.34. The Bertz CT molecular complexity index is 362. The van der Waals surface area contributed by atoms with Crippen LogP contribution >= 0.6 is 11.8 Å². The normalized spacial score (nSPS) is 19.1. The number of hydrogen-bond acceptors (Lipinski definition) is 3. The highest BCUT2D eigenvalue weighted by Crippen LogP contribution is 2.23. The molecule has 1 unspecified atom stereocenters. The van der Waals surface area contributed by atoms with Gasteiger partial charge in [0.15, 0.2) is 5.17 Å². The van der Waals surface area contributed by atoms with Crippen molar-refractivity contribution in [3.63, 3.8) is 0 Å². The maximum Gasteiger partial charge on any atom is 0.156 e. The van der Waals surface area contributed by atoms with Crippen LogP contribution in [0.25, 0.3) is 0 Å². The van der Waals surface area contributed by atoms with E-state index in [4.69, 9.17) is 0 Å². The fourth-order valence-corrected chi connectivity index (χ4v) is 3.10. The molecule has 0 aromatic heterocycles. The van der Waals surface area contributed by atoms with Gasteiger partial charge in [-0.05, 0) is 18.4 Å². The summed E-state index contributed by atoms with van der Waals surface area (Å²) in [5.74, 6) is 0.